The lowest BCUT2D eigenvalue weighted by Crippen LogP contribution is -2.78. The van der Waals surface area contributed by atoms with Gasteiger partial charge in [0.25, 0.3) is 0 Å². The van der Waals surface area contributed by atoms with E-state index in [1.54, 1.807) is 21.3 Å². The van der Waals surface area contributed by atoms with Crippen LogP contribution < -0.4 is 0 Å². The molecular weight excluding hydrogens is 360 g/mol. The monoisotopic (exact) mass is 396 g/mol. The zero-order valence-electron chi connectivity index (χ0n) is 16.8. The van der Waals surface area contributed by atoms with Crippen molar-refractivity contribution in [1.82, 2.24) is 0 Å². The smallest absolute Gasteiger partial charge is 0.350 e. The summed E-state index contributed by atoms with van der Waals surface area (Å²) >= 11 is 0. The zero-order valence-corrected chi connectivity index (χ0v) is 19.8. The second-order valence-electron chi connectivity index (χ2n) is 6.44. The fraction of sp³-hybridized carbons (Fsp3) is 1.00. The Kier molecular flexibility index (Phi) is 8.30. The summed E-state index contributed by atoms with van der Waals surface area (Å²) in [4.78, 5) is 0. The molecule has 0 N–H and O–H groups in total. The van der Waals surface area contributed by atoms with Crippen LogP contribution in [0.2, 0.25) is 18.1 Å². The van der Waals surface area contributed by atoms with Gasteiger partial charge in [0.05, 0.1) is 17.2 Å². The lowest BCUT2D eigenvalue weighted by molar-refractivity contribution is 0.0589. The van der Waals surface area contributed by atoms with E-state index < -0.39 is 25.7 Å². The molecule has 0 amide bonds. The Hall–Kier alpha value is 0.411. The quantitative estimate of drug-likeness (QED) is 0.558. The van der Waals surface area contributed by atoms with Crippen LogP contribution in [0.3, 0.4) is 0 Å². The molecule has 0 aromatic rings. The number of hydrogen-bond donors (Lipinski definition) is 0. The Morgan fingerprint density at radius 3 is 0.917 bits per heavy atom. The van der Waals surface area contributed by atoms with E-state index >= 15 is 0 Å². The molecule has 9 heteroatoms. The van der Waals surface area contributed by atoms with Gasteiger partial charge in [0.2, 0.25) is 0 Å². The van der Waals surface area contributed by atoms with Gasteiger partial charge < -0.3 is 26.6 Å². The van der Waals surface area contributed by atoms with Gasteiger partial charge >= 0.3 is 25.7 Å². The van der Waals surface area contributed by atoms with E-state index in [9.17, 15) is 0 Å². The summed E-state index contributed by atoms with van der Waals surface area (Å²) in [5, 5.41) is 0. The van der Waals surface area contributed by atoms with E-state index in [0.717, 1.165) is 18.1 Å². The minimum atomic E-state index is -2.61. The highest BCUT2D eigenvalue weighted by Gasteiger charge is 2.66. The summed E-state index contributed by atoms with van der Waals surface area (Å²) in [6, 6.07) is 2.46. The van der Waals surface area contributed by atoms with Crippen molar-refractivity contribution in [2.75, 3.05) is 21.3 Å². The molecule has 1 fully saturated rings. The molecule has 1 saturated heterocycles. The topological polar surface area (TPSA) is 55.4 Å². The molecule has 0 radical (unpaired) electrons. The van der Waals surface area contributed by atoms with E-state index in [-0.39, 0.29) is 17.2 Å². The zero-order chi connectivity index (χ0) is 18.6. The van der Waals surface area contributed by atoms with Crippen molar-refractivity contribution < 1.29 is 26.6 Å². The molecule has 24 heavy (non-hydrogen) atoms. The van der Waals surface area contributed by atoms with Crippen molar-refractivity contribution in [2.24, 2.45) is 0 Å². The van der Waals surface area contributed by atoms with Crippen LogP contribution in [0, 0.1) is 0 Å². The van der Waals surface area contributed by atoms with Crippen LogP contribution in [0.25, 0.3) is 0 Å². The average molecular weight is 397 g/mol. The van der Waals surface area contributed by atoms with Gasteiger partial charge in [0.15, 0.2) is 0 Å². The van der Waals surface area contributed by atoms with Crippen LogP contribution in [0.1, 0.15) is 41.5 Å². The molecule has 1 rings (SSSR count). The van der Waals surface area contributed by atoms with Crippen molar-refractivity contribution in [3.63, 3.8) is 0 Å². The second-order valence-corrected chi connectivity index (χ2v) is 18.3. The molecule has 0 aliphatic carbocycles. The van der Waals surface area contributed by atoms with E-state index in [1.165, 1.54) is 0 Å². The lowest BCUT2D eigenvalue weighted by Gasteiger charge is -2.56. The molecule has 6 nitrogen and oxygen atoms in total. The Labute approximate surface area is 150 Å². The Bertz CT molecular complexity index is 334. The van der Waals surface area contributed by atoms with Crippen molar-refractivity contribution in [3.05, 3.63) is 0 Å². The van der Waals surface area contributed by atoms with E-state index in [0.29, 0.717) is 0 Å². The van der Waals surface area contributed by atoms with Crippen molar-refractivity contribution >= 4 is 25.7 Å². The predicted molar refractivity (Wildman–Crippen MR) is 101 cm³/mol. The van der Waals surface area contributed by atoms with Gasteiger partial charge in [-0.3, -0.25) is 0 Å². The second kappa shape index (κ2) is 8.87. The maximum atomic E-state index is 6.78. The summed E-state index contributed by atoms with van der Waals surface area (Å²) in [6.07, 6.45) is 0. The van der Waals surface area contributed by atoms with Crippen LogP contribution >= 0.6 is 0 Å². The third-order valence-corrected chi connectivity index (χ3v) is 21.1. The number of hydrogen-bond acceptors (Lipinski definition) is 6. The highest BCUT2D eigenvalue weighted by molar-refractivity contribution is 6.95. The summed E-state index contributed by atoms with van der Waals surface area (Å²) < 4.78 is 37.5. The van der Waals surface area contributed by atoms with E-state index in [4.69, 9.17) is 26.6 Å². The first-order chi connectivity index (χ1) is 11.2. The van der Waals surface area contributed by atoms with Crippen LogP contribution in [-0.2, 0) is 26.6 Å². The molecule has 1 aliphatic rings. The Balaban J connectivity index is 3.49. The molecule has 3 unspecified atom stereocenters. The van der Waals surface area contributed by atoms with Gasteiger partial charge in [-0.15, -0.1) is 0 Å². The molecule has 1 aliphatic heterocycles. The SMILES string of the molecule is CC[Si]1(C(C)OC)O[Si](CC)(C(C)OC)O[Si](CC)(C(C)OC)O1. The first kappa shape index (κ1) is 22.5. The maximum absolute atomic E-state index is 6.78. The highest BCUT2D eigenvalue weighted by atomic mass is 28.5. The predicted octanol–water partition coefficient (Wildman–Crippen LogP) is 3.16. The summed E-state index contributed by atoms with van der Waals surface area (Å²) in [6.45, 7) is 12.6. The van der Waals surface area contributed by atoms with Gasteiger partial charge in [0.1, 0.15) is 0 Å². The Morgan fingerprint density at radius 1 is 0.583 bits per heavy atom. The maximum Gasteiger partial charge on any atom is 0.350 e. The molecule has 0 aromatic heterocycles. The van der Waals surface area contributed by atoms with Gasteiger partial charge in [-0.25, -0.2) is 0 Å². The first-order valence-corrected chi connectivity index (χ1v) is 15.2. The lowest BCUT2D eigenvalue weighted by atomic mass is 10.8. The van der Waals surface area contributed by atoms with Gasteiger partial charge in [-0.1, -0.05) is 20.8 Å². The van der Waals surface area contributed by atoms with Crippen LogP contribution in [0.4, 0.5) is 0 Å². The molecule has 3 atom stereocenters. The molecule has 1 heterocycles. The van der Waals surface area contributed by atoms with Crippen molar-refractivity contribution in [1.29, 1.82) is 0 Å². The standard InChI is InChI=1S/C15H36O6Si3/c1-10-22(13(4)16-7)19-23(11-2,14(5)17-8)21-24(12-3,20-22)15(6)18-9/h13-15H,10-12H2,1-9H3. The van der Waals surface area contributed by atoms with Gasteiger partial charge in [0, 0.05) is 21.3 Å². The average Bonchev–Trinajstić information content (AvgIpc) is 2.64. The van der Waals surface area contributed by atoms with Crippen molar-refractivity contribution in [2.45, 2.75) is 76.9 Å². The first-order valence-electron chi connectivity index (χ1n) is 8.94. The third kappa shape index (κ3) is 3.89. The van der Waals surface area contributed by atoms with Gasteiger partial charge in [-0.05, 0) is 38.9 Å². The fourth-order valence-electron chi connectivity index (χ4n) is 3.27. The number of ether oxygens (including phenoxy) is 3. The molecule has 0 bridgehead atoms. The molecule has 144 valence electrons. The minimum Gasteiger partial charge on any atom is -0.412 e. The normalized spacial score (nSPS) is 37.9. The molecular formula is C15H36O6Si3. The Morgan fingerprint density at radius 2 is 0.792 bits per heavy atom. The van der Waals surface area contributed by atoms with Crippen LogP contribution in [0.5, 0.6) is 0 Å². The fourth-order valence-corrected chi connectivity index (χ4v) is 22.2. The summed E-state index contributed by atoms with van der Waals surface area (Å²) in [5.41, 5.74) is -0.218. The highest BCUT2D eigenvalue weighted by Crippen LogP contribution is 2.42. The number of methoxy groups -OCH3 is 3. The molecule has 0 saturated carbocycles. The van der Waals surface area contributed by atoms with Crippen LogP contribution in [-0.4, -0.2) is 64.2 Å². The van der Waals surface area contributed by atoms with E-state index in [1.807, 2.05) is 0 Å². The van der Waals surface area contributed by atoms with Crippen molar-refractivity contribution in [3.8, 4) is 0 Å². The molecule has 0 spiro atoms. The molecule has 0 aromatic carbocycles. The third-order valence-electron chi connectivity index (χ3n) is 5.43. The minimum absolute atomic E-state index is 0.0728. The largest absolute Gasteiger partial charge is 0.412 e. The summed E-state index contributed by atoms with van der Waals surface area (Å²) in [7, 11) is -2.67. The number of rotatable bonds is 9. The van der Waals surface area contributed by atoms with Gasteiger partial charge in [-0.2, -0.15) is 0 Å². The summed E-state index contributed by atoms with van der Waals surface area (Å²) in [5.74, 6) is 0. The van der Waals surface area contributed by atoms with Crippen LogP contribution in [0.15, 0.2) is 0 Å². The van der Waals surface area contributed by atoms with E-state index in [2.05, 4.69) is 41.5 Å².